The van der Waals surface area contributed by atoms with Crippen LogP contribution in [0.5, 0.6) is 0 Å². The van der Waals surface area contributed by atoms with Gasteiger partial charge in [0.1, 0.15) is 83.6 Å². The average Bonchev–Trinajstić information content (AvgIpc) is 4.27. The Balaban J connectivity index is 1.12. The van der Waals surface area contributed by atoms with Gasteiger partial charge in [0.05, 0.1) is 36.2 Å². The Bertz CT molecular complexity index is 3490. The molecule has 0 radical (unpaired) electrons. The van der Waals surface area contributed by atoms with Crippen LogP contribution in [0.3, 0.4) is 0 Å². The van der Waals surface area contributed by atoms with E-state index in [1.54, 1.807) is 65.5 Å². The highest BCUT2D eigenvalue weighted by Gasteiger charge is 2.31. The first kappa shape index (κ1) is 52.2. The topological polar surface area (TPSA) is 332 Å². The van der Waals surface area contributed by atoms with Gasteiger partial charge in [-0.25, -0.2) is 34.9 Å². The van der Waals surface area contributed by atoms with Crippen LogP contribution in [0.4, 0.5) is 10.9 Å². The van der Waals surface area contributed by atoms with Gasteiger partial charge in [0.15, 0.2) is 5.13 Å². The van der Waals surface area contributed by atoms with Crippen molar-refractivity contribution in [3.05, 3.63) is 106 Å². The predicted molar refractivity (Wildman–Crippen MR) is 281 cm³/mol. The number of nitrogens with one attached hydrogen (secondary N) is 6. The van der Waals surface area contributed by atoms with Crippen molar-refractivity contribution in [1.82, 2.24) is 56.2 Å². The lowest BCUT2D eigenvalue weighted by molar-refractivity contribution is -0.139. The number of thiazole rings is 6. The molecule has 8 aromatic rings. The quantitative estimate of drug-likeness (QED) is 0.0744. The number of pyridine rings is 1. The summed E-state index contributed by atoms with van der Waals surface area (Å²) in [4.78, 5) is 125. The molecule has 8 N–H and O–H groups in total. The smallest absolute Gasteiger partial charge is 0.312 e. The van der Waals surface area contributed by atoms with Gasteiger partial charge in [0.25, 0.3) is 17.7 Å². The number of carboxylic acid groups (broad SMARTS) is 1. The summed E-state index contributed by atoms with van der Waals surface area (Å²) in [7, 11) is 2.87. The zero-order valence-corrected chi connectivity index (χ0v) is 44.1. The molecular formula is C46H39N13O10S6. The van der Waals surface area contributed by atoms with Gasteiger partial charge in [-0.2, -0.15) is 0 Å². The Morgan fingerprint density at radius 2 is 1.47 bits per heavy atom. The number of aliphatic hydroxyl groups excluding tert-OH is 1. The van der Waals surface area contributed by atoms with Gasteiger partial charge < -0.3 is 41.5 Å². The van der Waals surface area contributed by atoms with Crippen LogP contribution in [0.1, 0.15) is 87.8 Å². The monoisotopic (exact) mass is 1130 g/mol. The van der Waals surface area contributed by atoms with E-state index < -0.39 is 72.6 Å². The summed E-state index contributed by atoms with van der Waals surface area (Å²) >= 11 is 6.76. The van der Waals surface area contributed by atoms with Crippen molar-refractivity contribution in [2.45, 2.75) is 44.6 Å². The molecule has 1 aliphatic heterocycles. The van der Waals surface area contributed by atoms with Gasteiger partial charge in [-0.15, -0.1) is 56.7 Å². The lowest BCUT2D eigenvalue weighted by atomic mass is 10.0. The van der Waals surface area contributed by atoms with Crippen molar-refractivity contribution in [3.63, 3.8) is 0 Å². The van der Waals surface area contributed by atoms with Crippen LogP contribution in [-0.4, -0.2) is 107 Å². The summed E-state index contributed by atoms with van der Waals surface area (Å²) in [6.45, 7) is 1.05. The largest absolute Gasteiger partial charge is 0.481 e. The van der Waals surface area contributed by atoms with Gasteiger partial charge in [-0.1, -0.05) is 41.7 Å². The van der Waals surface area contributed by atoms with E-state index in [0.29, 0.717) is 63.7 Å². The van der Waals surface area contributed by atoms with Crippen LogP contribution in [0.15, 0.2) is 64.0 Å². The normalized spacial score (nSPS) is 15.5. The summed E-state index contributed by atoms with van der Waals surface area (Å²) in [5, 5.41) is 45.2. The van der Waals surface area contributed by atoms with Crippen LogP contribution in [0.25, 0.3) is 43.4 Å². The number of aliphatic carboxylic acids is 1. The Hall–Kier alpha value is -7.64. The highest BCUT2D eigenvalue weighted by Crippen LogP contribution is 2.40. The molecule has 8 heterocycles. The molecule has 3 atom stereocenters. The first-order chi connectivity index (χ1) is 36.1. The van der Waals surface area contributed by atoms with E-state index in [0.717, 1.165) is 56.7 Å². The number of carboxylic acids is 1. The molecule has 0 spiro atoms. The fourth-order valence-electron chi connectivity index (χ4n) is 7.30. The molecule has 384 valence electrons. The molecule has 7 aromatic heterocycles. The minimum atomic E-state index is -1.30. The molecule has 1 aliphatic rings. The third kappa shape index (κ3) is 12.0. The fraction of sp³-hybridized carbons (Fsp3) is 0.217. The number of anilines is 2. The van der Waals surface area contributed by atoms with Gasteiger partial charge in [0, 0.05) is 46.1 Å². The van der Waals surface area contributed by atoms with E-state index >= 15 is 0 Å². The molecule has 23 nitrogen and oxygen atoms in total. The third-order valence-corrected chi connectivity index (χ3v) is 16.4. The minimum Gasteiger partial charge on any atom is -0.481 e. The van der Waals surface area contributed by atoms with E-state index in [1.165, 1.54) is 30.9 Å². The molecular weight excluding hydrogens is 1090 g/mol. The summed E-state index contributed by atoms with van der Waals surface area (Å²) in [6, 6.07) is 9.96. The van der Waals surface area contributed by atoms with Gasteiger partial charge in [0.2, 0.25) is 17.7 Å². The van der Waals surface area contributed by atoms with E-state index in [9.17, 15) is 38.7 Å². The number of rotatable bonds is 10. The number of amides is 6. The second-order valence-electron chi connectivity index (χ2n) is 16.0. The number of fused-ring (bicyclic) bond motifs is 14. The summed E-state index contributed by atoms with van der Waals surface area (Å²) in [5.41, 5.74) is 2.29. The van der Waals surface area contributed by atoms with Gasteiger partial charge in [-0.05, 0) is 24.6 Å². The summed E-state index contributed by atoms with van der Waals surface area (Å²) < 4.78 is 5.32. The Morgan fingerprint density at radius 1 is 0.733 bits per heavy atom. The second kappa shape index (κ2) is 22.9. The molecule has 0 aliphatic carbocycles. The third-order valence-electron chi connectivity index (χ3n) is 10.8. The Labute approximate surface area is 448 Å². The molecule has 1 aromatic carbocycles. The Morgan fingerprint density at radius 3 is 2.24 bits per heavy atom. The molecule has 10 bridgehead atoms. The molecule has 0 saturated heterocycles. The molecule has 0 saturated carbocycles. The second-order valence-corrected chi connectivity index (χ2v) is 21.8. The molecule has 29 heteroatoms. The SMILES string of the molecule is CNC(=O)C[C@@H]1NC(=O)c2csc(n2)-c2ccc(-c3nc(NC(=O)CC(=O)O)cs3)nc2-c2csc(n2)-c2csc(n2)[C@H]([C@@H](O)c2ccccc2)NC(=O)CNC(=O)c2nc(sc2COC)NC(=O)c2nc1sc2C. The highest BCUT2D eigenvalue weighted by atomic mass is 32.1. The van der Waals surface area contributed by atoms with E-state index in [2.05, 4.69) is 46.9 Å². The number of carbonyl (C=O) groups excluding carboxylic acids is 6. The standard InChI is InChI=1S/C46H39N13O10S6/c1-19-33-40(68)59-46-58-35(27(75-46)14-69-3)39(67)48-13-31(62)56-36(37(65)20-7-5-4-6-8-20)45-53-26(17-72-45)43-51-24(15-71-43)34-21(9-10-22(49-34)42-55-28(18-73-42)54-30(61)12-32(63)64)41-52-25(16-70-41)38(66)50-23(11-29(60)47-2)44(57-33)74-19/h4-10,15-18,23,36-37,65H,11-14H2,1-3H3,(H,47,60)(H,48,67)(H,50,66)(H,54,61)(H,56,62)(H,63,64)(H,58,59,68)/t23-,36-,37-/m0/s1. The van der Waals surface area contributed by atoms with Crippen molar-refractivity contribution >= 4 is 120 Å². The maximum Gasteiger partial charge on any atom is 0.312 e. The average molecular weight is 1130 g/mol. The first-order valence-corrected chi connectivity index (χ1v) is 27.2. The van der Waals surface area contributed by atoms with E-state index in [1.807, 2.05) is 0 Å². The van der Waals surface area contributed by atoms with Crippen molar-refractivity contribution in [2.75, 3.05) is 31.3 Å². The van der Waals surface area contributed by atoms with Gasteiger partial charge in [-0.3, -0.25) is 38.9 Å². The maximum absolute atomic E-state index is 14.1. The van der Waals surface area contributed by atoms with Crippen molar-refractivity contribution in [3.8, 4) is 43.4 Å². The zero-order valence-electron chi connectivity index (χ0n) is 39.2. The molecule has 0 fully saturated rings. The van der Waals surface area contributed by atoms with E-state index in [-0.39, 0.29) is 46.1 Å². The van der Waals surface area contributed by atoms with Crippen molar-refractivity contribution < 1.29 is 48.5 Å². The number of methoxy groups -OCH3 is 1. The maximum atomic E-state index is 14.1. The van der Waals surface area contributed by atoms with Crippen molar-refractivity contribution in [1.29, 1.82) is 0 Å². The van der Waals surface area contributed by atoms with Crippen LogP contribution in [0, 0.1) is 6.92 Å². The fourth-order valence-corrected chi connectivity index (χ4v) is 12.5. The number of hydrogen-bond donors (Lipinski definition) is 8. The number of ether oxygens (including phenoxy) is 1. The minimum absolute atomic E-state index is 0.00298. The number of nitrogens with zero attached hydrogens (tertiary/aromatic N) is 7. The van der Waals surface area contributed by atoms with Crippen LogP contribution in [0.2, 0.25) is 0 Å². The van der Waals surface area contributed by atoms with Gasteiger partial charge >= 0.3 is 5.97 Å². The van der Waals surface area contributed by atoms with Crippen molar-refractivity contribution in [2.24, 2.45) is 0 Å². The number of benzene rings is 1. The summed E-state index contributed by atoms with van der Waals surface area (Å²) in [6.07, 6.45) is -2.28. The van der Waals surface area contributed by atoms with Crippen LogP contribution < -0.4 is 31.9 Å². The number of aliphatic hydroxyl groups is 1. The Kier molecular flexibility index (Phi) is 15.9. The lowest BCUT2D eigenvalue weighted by Gasteiger charge is -2.23. The number of carbonyl (C=O) groups is 7. The summed E-state index contributed by atoms with van der Waals surface area (Å²) in [5.74, 6) is -5.10. The van der Waals surface area contributed by atoms with Crippen LogP contribution in [-0.2, 0) is 30.5 Å². The number of aryl methyl sites for hydroxylation is 1. The number of aromatic nitrogens is 7. The lowest BCUT2D eigenvalue weighted by Crippen LogP contribution is -2.40. The first-order valence-electron chi connectivity index (χ1n) is 22.1. The predicted octanol–water partition coefficient (Wildman–Crippen LogP) is 5.85. The number of hydrogen-bond acceptors (Lipinski definition) is 22. The molecule has 0 unspecified atom stereocenters. The molecule has 9 rings (SSSR count). The zero-order chi connectivity index (χ0) is 52.9. The van der Waals surface area contributed by atoms with E-state index in [4.69, 9.17) is 29.8 Å². The molecule has 75 heavy (non-hydrogen) atoms. The van der Waals surface area contributed by atoms with Crippen LogP contribution >= 0.6 is 68.0 Å². The molecule has 6 amide bonds. The highest BCUT2D eigenvalue weighted by molar-refractivity contribution is 7.16.